The minimum absolute atomic E-state index is 0.0239. The summed E-state index contributed by atoms with van der Waals surface area (Å²) in [6.45, 7) is 0. The minimum Gasteiger partial charge on any atom is -0.345 e. The Bertz CT molecular complexity index is 1370. The van der Waals surface area contributed by atoms with Gasteiger partial charge in [0, 0.05) is 26.1 Å². The van der Waals surface area contributed by atoms with Crippen LogP contribution in [-0.4, -0.2) is 67.9 Å². The molecular weight excluding hydrogens is 464 g/mol. The number of sulfonamides is 1. The van der Waals surface area contributed by atoms with Crippen LogP contribution in [0.15, 0.2) is 47.4 Å². The summed E-state index contributed by atoms with van der Waals surface area (Å²) in [4.78, 5) is 63.8. The van der Waals surface area contributed by atoms with Gasteiger partial charge >= 0.3 is 0 Å². The topological polar surface area (TPSA) is 150 Å². The number of nitrogens with one attached hydrogen (secondary N) is 2. The lowest BCUT2D eigenvalue weighted by molar-refractivity contribution is -0.136. The fraction of sp³-hybridized carbons (Fsp3) is 0.227. The van der Waals surface area contributed by atoms with Crippen molar-refractivity contribution in [1.29, 1.82) is 0 Å². The Labute approximate surface area is 194 Å². The lowest BCUT2D eigenvalue weighted by atomic mass is 10.0. The molecule has 2 aliphatic rings. The minimum atomic E-state index is -4.24. The Hall–Kier alpha value is -4.06. The van der Waals surface area contributed by atoms with Gasteiger partial charge in [0.1, 0.15) is 6.04 Å². The molecule has 34 heavy (non-hydrogen) atoms. The predicted molar refractivity (Wildman–Crippen MR) is 118 cm³/mol. The van der Waals surface area contributed by atoms with Crippen LogP contribution in [-0.2, 0) is 19.6 Å². The highest BCUT2D eigenvalue weighted by atomic mass is 32.2. The fourth-order valence-electron chi connectivity index (χ4n) is 3.86. The van der Waals surface area contributed by atoms with E-state index in [1.807, 2.05) is 0 Å². The number of rotatable bonds is 5. The van der Waals surface area contributed by atoms with Crippen molar-refractivity contribution in [3.63, 3.8) is 0 Å². The summed E-state index contributed by atoms with van der Waals surface area (Å²) < 4.78 is 28.4. The number of nitrogens with zero attached hydrogens (tertiary/aromatic N) is 2. The Kier molecular flexibility index (Phi) is 5.69. The molecule has 0 radical (unpaired) electrons. The summed E-state index contributed by atoms with van der Waals surface area (Å²) in [6, 6.07) is 8.30. The van der Waals surface area contributed by atoms with Crippen LogP contribution in [0, 0.1) is 0 Å². The van der Waals surface area contributed by atoms with Crippen molar-refractivity contribution in [3.05, 3.63) is 59.2 Å². The van der Waals surface area contributed by atoms with Crippen molar-refractivity contribution in [2.24, 2.45) is 0 Å². The second-order valence-electron chi connectivity index (χ2n) is 8.01. The molecule has 12 heteroatoms. The number of hydrogen-bond donors (Lipinski definition) is 2. The van der Waals surface area contributed by atoms with Crippen molar-refractivity contribution >= 4 is 45.2 Å². The Morgan fingerprint density at radius 2 is 1.76 bits per heavy atom. The van der Waals surface area contributed by atoms with Gasteiger partial charge in [0.2, 0.25) is 11.8 Å². The molecule has 176 valence electrons. The molecule has 0 aliphatic carbocycles. The Balaban J connectivity index is 1.67. The van der Waals surface area contributed by atoms with E-state index in [2.05, 4.69) is 10.0 Å². The van der Waals surface area contributed by atoms with Gasteiger partial charge in [-0.15, -0.1) is 0 Å². The number of imide groups is 2. The number of fused-ring (bicyclic) bond motifs is 1. The van der Waals surface area contributed by atoms with E-state index < -0.39 is 45.6 Å². The van der Waals surface area contributed by atoms with E-state index in [-0.39, 0.29) is 40.1 Å². The highest BCUT2D eigenvalue weighted by molar-refractivity contribution is 7.92. The number of benzene rings is 2. The van der Waals surface area contributed by atoms with Gasteiger partial charge in [0.25, 0.3) is 27.7 Å². The van der Waals surface area contributed by atoms with Crippen LogP contribution in [0.25, 0.3) is 0 Å². The summed E-state index contributed by atoms with van der Waals surface area (Å²) in [7, 11) is -1.18. The number of hydrogen-bond acceptors (Lipinski definition) is 7. The quantitative estimate of drug-likeness (QED) is 0.590. The highest BCUT2D eigenvalue weighted by Crippen LogP contribution is 2.33. The fourth-order valence-corrected chi connectivity index (χ4v) is 4.98. The van der Waals surface area contributed by atoms with Crippen LogP contribution in [0.5, 0.6) is 0 Å². The van der Waals surface area contributed by atoms with Gasteiger partial charge in [0.15, 0.2) is 0 Å². The highest BCUT2D eigenvalue weighted by Gasteiger charge is 2.45. The predicted octanol–water partition coefficient (Wildman–Crippen LogP) is 0.590. The molecule has 2 N–H and O–H groups in total. The van der Waals surface area contributed by atoms with Crippen molar-refractivity contribution in [2.45, 2.75) is 23.8 Å². The molecule has 1 saturated heterocycles. The van der Waals surface area contributed by atoms with Crippen LogP contribution >= 0.6 is 0 Å². The average molecular weight is 484 g/mol. The summed E-state index contributed by atoms with van der Waals surface area (Å²) >= 11 is 0. The van der Waals surface area contributed by atoms with Gasteiger partial charge in [0.05, 0.1) is 21.7 Å². The molecule has 2 heterocycles. The molecule has 2 aromatic carbocycles. The summed E-state index contributed by atoms with van der Waals surface area (Å²) in [5.41, 5.74) is -0.246. The molecule has 0 saturated carbocycles. The first-order valence-electron chi connectivity index (χ1n) is 10.2. The van der Waals surface area contributed by atoms with Crippen LogP contribution in [0.2, 0.25) is 0 Å². The number of piperidine rings is 1. The molecule has 11 nitrogen and oxygen atoms in total. The first-order valence-corrected chi connectivity index (χ1v) is 11.7. The summed E-state index contributed by atoms with van der Waals surface area (Å²) in [5, 5.41) is 2.10. The zero-order valence-corrected chi connectivity index (χ0v) is 19.0. The molecule has 4 rings (SSSR count). The molecule has 1 unspecified atom stereocenters. The van der Waals surface area contributed by atoms with Crippen molar-refractivity contribution < 1.29 is 32.4 Å². The lowest BCUT2D eigenvalue weighted by Gasteiger charge is -2.27. The van der Waals surface area contributed by atoms with Crippen LogP contribution < -0.4 is 10.0 Å². The van der Waals surface area contributed by atoms with Crippen molar-refractivity contribution in [3.8, 4) is 0 Å². The van der Waals surface area contributed by atoms with Gasteiger partial charge in [-0.25, -0.2) is 8.42 Å². The largest absolute Gasteiger partial charge is 0.345 e. The average Bonchev–Trinajstić information content (AvgIpc) is 3.04. The zero-order chi connectivity index (χ0) is 24.8. The number of amides is 5. The lowest BCUT2D eigenvalue weighted by Crippen LogP contribution is -2.54. The van der Waals surface area contributed by atoms with E-state index in [1.54, 1.807) is 0 Å². The van der Waals surface area contributed by atoms with Gasteiger partial charge in [-0.1, -0.05) is 12.1 Å². The number of carbonyl (C=O) groups is 5. The molecular formula is C22H20N4O7S. The van der Waals surface area contributed by atoms with Gasteiger partial charge < -0.3 is 4.90 Å². The Morgan fingerprint density at radius 3 is 2.44 bits per heavy atom. The maximum absolute atomic E-state index is 13.2. The van der Waals surface area contributed by atoms with E-state index in [0.717, 1.165) is 4.90 Å². The van der Waals surface area contributed by atoms with E-state index in [9.17, 15) is 32.4 Å². The van der Waals surface area contributed by atoms with Gasteiger partial charge in [-0.3, -0.25) is 38.9 Å². The Morgan fingerprint density at radius 1 is 1.06 bits per heavy atom. The van der Waals surface area contributed by atoms with E-state index in [1.165, 1.54) is 61.5 Å². The third-order valence-corrected chi connectivity index (χ3v) is 6.87. The second kappa shape index (κ2) is 8.37. The molecule has 0 aromatic heterocycles. The normalized spacial score (nSPS) is 17.9. The smallest absolute Gasteiger partial charge is 0.264 e. The van der Waals surface area contributed by atoms with E-state index in [4.69, 9.17) is 0 Å². The molecule has 2 aromatic rings. The maximum Gasteiger partial charge on any atom is 0.264 e. The van der Waals surface area contributed by atoms with Crippen LogP contribution in [0.1, 0.15) is 43.9 Å². The van der Waals surface area contributed by atoms with Gasteiger partial charge in [-0.2, -0.15) is 0 Å². The van der Waals surface area contributed by atoms with Crippen LogP contribution in [0.3, 0.4) is 0 Å². The van der Waals surface area contributed by atoms with Crippen LogP contribution in [0.4, 0.5) is 5.69 Å². The molecule has 1 atom stereocenters. The van der Waals surface area contributed by atoms with Crippen molar-refractivity contribution in [2.75, 3.05) is 18.8 Å². The summed E-state index contributed by atoms with van der Waals surface area (Å²) in [6.07, 6.45) is -0.0603. The molecule has 1 fully saturated rings. The standard InChI is InChI=1S/C22H20N4O7S/c1-25(2)20(29)12-5-3-6-13(11-12)34(32,33)24-15-8-4-7-14-18(15)22(31)26(21(14)30)16-9-10-17(27)23-19(16)28/h3-8,11,16,24H,9-10H2,1-2H3,(H,23,27,28). The monoisotopic (exact) mass is 484 g/mol. The first-order chi connectivity index (χ1) is 16.0. The maximum atomic E-state index is 13.2. The third kappa shape index (κ3) is 3.92. The number of carbonyl (C=O) groups excluding carboxylic acids is 5. The molecule has 2 aliphatic heterocycles. The van der Waals surface area contributed by atoms with Gasteiger partial charge in [-0.05, 0) is 36.8 Å². The third-order valence-electron chi connectivity index (χ3n) is 5.51. The second-order valence-corrected chi connectivity index (χ2v) is 9.69. The molecule has 0 spiro atoms. The van der Waals surface area contributed by atoms with Crippen molar-refractivity contribution in [1.82, 2.24) is 15.1 Å². The number of anilines is 1. The SMILES string of the molecule is CN(C)C(=O)c1cccc(S(=O)(=O)Nc2cccc3c2C(=O)N(C2CCC(=O)NC2=O)C3=O)c1. The zero-order valence-electron chi connectivity index (χ0n) is 18.2. The van der Waals surface area contributed by atoms with E-state index in [0.29, 0.717) is 0 Å². The van der Waals surface area contributed by atoms with E-state index >= 15 is 0 Å². The molecule has 0 bridgehead atoms. The molecule has 5 amide bonds. The first kappa shape index (κ1) is 23.1. The summed E-state index contributed by atoms with van der Waals surface area (Å²) in [5.74, 6) is -3.26.